The molecule has 0 bridgehead atoms. The van der Waals surface area contributed by atoms with Gasteiger partial charge >= 0.3 is 0 Å². The number of benzene rings is 2. The van der Waals surface area contributed by atoms with Crippen molar-refractivity contribution in [2.24, 2.45) is 5.73 Å². The maximum absolute atomic E-state index is 6.11. The van der Waals surface area contributed by atoms with Gasteiger partial charge in [-0.25, -0.2) is 0 Å². The number of para-hydroxylation sites is 1. The van der Waals surface area contributed by atoms with E-state index < -0.39 is 0 Å². The molecule has 2 aromatic rings. The van der Waals surface area contributed by atoms with Crippen molar-refractivity contribution in [2.75, 3.05) is 13.7 Å². The molecular weight excluding hydrogens is 274 g/mol. The number of nitrogens with two attached hydrogens (primary N) is 1. The third-order valence-corrected chi connectivity index (χ3v) is 3.78. The van der Waals surface area contributed by atoms with Crippen molar-refractivity contribution in [1.29, 1.82) is 0 Å². The lowest BCUT2D eigenvalue weighted by atomic mass is 10.00. The van der Waals surface area contributed by atoms with Crippen LogP contribution in [0.5, 0.6) is 11.5 Å². The van der Waals surface area contributed by atoms with Crippen LogP contribution in [0.4, 0.5) is 0 Å². The average molecular weight is 290 g/mol. The number of methoxy groups -OCH3 is 1. The monoisotopic (exact) mass is 289 g/mol. The number of hydrogen-bond donors (Lipinski definition) is 1. The molecule has 1 aliphatic heterocycles. The van der Waals surface area contributed by atoms with Gasteiger partial charge in [0.1, 0.15) is 17.6 Å². The van der Waals surface area contributed by atoms with Crippen LogP contribution < -0.4 is 15.2 Å². The fourth-order valence-corrected chi connectivity index (χ4v) is 2.74. The zero-order valence-corrected chi connectivity index (χ0v) is 12.0. The average Bonchev–Trinajstić information content (AvgIpc) is 2.90. The highest BCUT2D eigenvalue weighted by Crippen LogP contribution is 2.42. The summed E-state index contributed by atoms with van der Waals surface area (Å²) >= 11 is 6.11. The lowest BCUT2D eigenvalue weighted by molar-refractivity contribution is 0.242. The Morgan fingerprint density at radius 3 is 2.90 bits per heavy atom. The predicted octanol–water partition coefficient (Wildman–Crippen LogP) is 3.28. The Kier molecular flexibility index (Phi) is 3.55. The molecule has 1 heterocycles. The van der Waals surface area contributed by atoms with Crippen molar-refractivity contribution >= 4 is 11.6 Å². The highest BCUT2D eigenvalue weighted by molar-refractivity contribution is 6.31. The Hall–Kier alpha value is -1.71. The third kappa shape index (κ3) is 2.23. The summed E-state index contributed by atoms with van der Waals surface area (Å²) in [5.41, 5.74) is 8.83. The molecule has 1 atom stereocenters. The summed E-state index contributed by atoms with van der Waals surface area (Å²) in [6.07, 6.45) is 0.902. The minimum Gasteiger partial charge on any atom is -0.496 e. The zero-order chi connectivity index (χ0) is 14.1. The van der Waals surface area contributed by atoms with E-state index in [4.69, 9.17) is 26.8 Å². The summed E-state index contributed by atoms with van der Waals surface area (Å²) in [6, 6.07) is 11.7. The number of rotatable bonds is 3. The summed E-state index contributed by atoms with van der Waals surface area (Å²) in [5.74, 6) is 1.67. The van der Waals surface area contributed by atoms with Gasteiger partial charge in [0.2, 0.25) is 0 Å². The molecule has 0 spiro atoms. The number of hydrogen-bond acceptors (Lipinski definition) is 3. The van der Waals surface area contributed by atoms with E-state index >= 15 is 0 Å². The van der Waals surface area contributed by atoms with E-state index in [1.807, 2.05) is 30.3 Å². The lowest BCUT2D eigenvalue weighted by Crippen LogP contribution is -2.24. The summed E-state index contributed by atoms with van der Waals surface area (Å²) in [5, 5.41) is 0.673. The molecule has 0 amide bonds. The molecule has 1 aliphatic rings. The van der Waals surface area contributed by atoms with Gasteiger partial charge in [-0.3, -0.25) is 0 Å². The van der Waals surface area contributed by atoms with Gasteiger partial charge in [0.15, 0.2) is 0 Å². The molecule has 3 rings (SSSR count). The summed E-state index contributed by atoms with van der Waals surface area (Å²) < 4.78 is 11.4. The summed E-state index contributed by atoms with van der Waals surface area (Å²) in [6.45, 7) is 0.515. The van der Waals surface area contributed by atoms with E-state index in [2.05, 4.69) is 6.07 Å². The minimum atomic E-state index is 0.0522. The van der Waals surface area contributed by atoms with Gasteiger partial charge in [-0.05, 0) is 23.8 Å². The van der Waals surface area contributed by atoms with Crippen LogP contribution in [0, 0.1) is 0 Å². The number of ether oxygens (including phenoxy) is 2. The maximum Gasteiger partial charge on any atom is 0.131 e. The molecule has 3 nitrogen and oxygen atoms in total. The summed E-state index contributed by atoms with van der Waals surface area (Å²) in [4.78, 5) is 0. The molecule has 0 aromatic heterocycles. The first kappa shape index (κ1) is 13.3. The molecule has 0 saturated carbocycles. The lowest BCUT2D eigenvalue weighted by Gasteiger charge is -2.13. The highest BCUT2D eigenvalue weighted by atomic mass is 35.5. The largest absolute Gasteiger partial charge is 0.496 e. The molecule has 2 N–H and O–H groups in total. The fraction of sp³-hybridized carbons (Fsp3) is 0.250. The van der Waals surface area contributed by atoms with E-state index in [-0.39, 0.29) is 6.10 Å². The van der Waals surface area contributed by atoms with Crippen LogP contribution in [-0.2, 0) is 6.42 Å². The number of halogens is 1. The minimum absolute atomic E-state index is 0.0522. The van der Waals surface area contributed by atoms with Crippen LogP contribution in [0.1, 0.15) is 5.56 Å². The van der Waals surface area contributed by atoms with Gasteiger partial charge in [-0.15, -0.1) is 0 Å². The zero-order valence-electron chi connectivity index (χ0n) is 11.2. The Morgan fingerprint density at radius 2 is 2.15 bits per heavy atom. The van der Waals surface area contributed by atoms with Crippen LogP contribution >= 0.6 is 11.6 Å². The van der Waals surface area contributed by atoms with Gasteiger partial charge in [0.05, 0.1) is 7.11 Å². The van der Waals surface area contributed by atoms with Gasteiger partial charge in [-0.1, -0.05) is 29.8 Å². The Bertz CT molecular complexity index is 642. The Labute approximate surface area is 123 Å². The second kappa shape index (κ2) is 5.35. The molecule has 0 fully saturated rings. The molecular formula is C16H16ClNO2. The Morgan fingerprint density at radius 1 is 1.30 bits per heavy atom. The van der Waals surface area contributed by atoms with E-state index in [1.165, 1.54) is 5.56 Å². The predicted molar refractivity (Wildman–Crippen MR) is 80.6 cm³/mol. The van der Waals surface area contributed by atoms with Crippen molar-refractivity contribution in [3.8, 4) is 22.6 Å². The molecule has 0 unspecified atom stereocenters. The topological polar surface area (TPSA) is 44.5 Å². The molecule has 0 saturated heterocycles. The van der Waals surface area contributed by atoms with Crippen LogP contribution in [0.15, 0.2) is 36.4 Å². The van der Waals surface area contributed by atoms with Crippen molar-refractivity contribution in [1.82, 2.24) is 0 Å². The van der Waals surface area contributed by atoms with Crippen LogP contribution in [-0.4, -0.2) is 19.8 Å². The van der Waals surface area contributed by atoms with Gasteiger partial charge < -0.3 is 15.2 Å². The normalized spacial score (nSPS) is 16.6. The van der Waals surface area contributed by atoms with E-state index in [9.17, 15) is 0 Å². The second-order valence-corrected chi connectivity index (χ2v) is 5.25. The quantitative estimate of drug-likeness (QED) is 0.943. The Balaban J connectivity index is 2.13. The van der Waals surface area contributed by atoms with Crippen molar-refractivity contribution < 1.29 is 9.47 Å². The van der Waals surface area contributed by atoms with E-state index in [0.717, 1.165) is 29.0 Å². The molecule has 2 aromatic carbocycles. The molecule has 0 aliphatic carbocycles. The first-order valence-electron chi connectivity index (χ1n) is 6.55. The maximum atomic E-state index is 6.11. The highest BCUT2D eigenvalue weighted by Gasteiger charge is 2.25. The molecule has 0 radical (unpaired) electrons. The third-order valence-electron chi connectivity index (χ3n) is 3.54. The van der Waals surface area contributed by atoms with Gasteiger partial charge in [0, 0.05) is 29.1 Å². The van der Waals surface area contributed by atoms with Crippen LogP contribution in [0.25, 0.3) is 11.1 Å². The molecule has 104 valence electrons. The van der Waals surface area contributed by atoms with Crippen LogP contribution in [0.3, 0.4) is 0 Å². The van der Waals surface area contributed by atoms with Gasteiger partial charge in [-0.2, -0.15) is 0 Å². The number of fused-ring (bicyclic) bond motifs is 1. The van der Waals surface area contributed by atoms with Gasteiger partial charge in [0.25, 0.3) is 0 Å². The van der Waals surface area contributed by atoms with Crippen LogP contribution in [0.2, 0.25) is 5.02 Å². The van der Waals surface area contributed by atoms with Crippen molar-refractivity contribution in [3.63, 3.8) is 0 Å². The molecule has 4 heteroatoms. The fourth-order valence-electron chi connectivity index (χ4n) is 2.57. The smallest absolute Gasteiger partial charge is 0.131 e. The van der Waals surface area contributed by atoms with Crippen molar-refractivity contribution in [3.05, 3.63) is 47.0 Å². The summed E-state index contributed by atoms with van der Waals surface area (Å²) in [7, 11) is 1.65. The SMILES string of the molecule is COc1ccc(Cl)cc1-c1cccc2c1O[C@@H](CN)C2. The first-order valence-corrected chi connectivity index (χ1v) is 6.93. The second-order valence-electron chi connectivity index (χ2n) is 4.82. The van der Waals surface area contributed by atoms with Crippen molar-refractivity contribution in [2.45, 2.75) is 12.5 Å². The van der Waals surface area contributed by atoms with E-state index in [1.54, 1.807) is 7.11 Å². The van der Waals surface area contributed by atoms with E-state index in [0.29, 0.717) is 11.6 Å². The first-order chi connectivity index (χ1) is 9.72. The molecule has 20 heavy (non-hydrogen) atoms. The standard InChI is InChI=1S/C16H16ClNO2/c1-19-15-6-5-11(17)8-14(15)13-4-2-3-10-7-12(9-18)20-16(10)13/h2-6,8,12H,7,9,18H2,1H3/t12-/m1/s1.